The lowest BCUT2D eigenvalue weighted by Gasteiger charge is -2.49. The van der Waals surface area contributed by atoms with Crippen LogP contribution in [0.15, 0.2) is 42.7 Å². The second kappa shape index (κ2) is 6.58. The minimum atomic E-state index is -1.01. The first-order valence-corrected chi connectivity index (χ1v) is 7.86. The van der Waals surface area contributed by atoms with E-state index in [1.54, 1.807) is 31.5 Å². The van der Waals surface area contributed by atoms with E-state index in [1.165, 1.54) is 4.90 Å². The van der Waals surface area contributed by atoms with E-state index in [0.29, 0.717) is 18.7 Å². The normalized spacial score (nSPS) is 19.2. The van der Waals surface area contributed by atoms with Crippen molar-refractivity contribution in [1.82, 2.24) is 9.88 Å². The van der Waals surface area contributed by atoms with Crippen molar-refractivity contribution >= 4 is 17.5 Å². The van der Waals surface area contributed by atoms with Crippen molar-refractivity contribution in [3.05, 3.63) is 59.9 Å². The van der Waals surface area contributed by atoms with E-state index in [9.17, 15) is 18.4 Å². The summed E-state index contributed by atoms with van der Waals surface area (Å²) in [5, 5.41) is 2.75. The van der Waals surface area contributed by atoms with Gasteiger partial charge in [0, 0.05) is 30.2 Å². The van der Waals surface area contributed by atoms with Crippen molar-refractivity contribution < 1.29 is 18.4 Å². The zero-order chi connectivity index (χ0) is 18.0. The average molecular weight is 345 g/mol. The molecule has 130 valence electrons. The van der Waals surface area contributed by atoms with E-state index in [2.05, 4.69) is 10.3 Å². The minimum Gasteiger partial charge on any atom is -0.328 e. The molecule has 1 aliphatic rings. The first-order valence-electron chi connectivity index (χ1n) is 7.86. The molecule has 0 saturated carbocycles. The fourth-order valence-corrected chi connectivity index (χ4v) is 2.83. The summed E-state index contributed by atoms with van der Waals surface area (Å²) in [6.45, 7) is 2.06. The third kappa shape index (κ3) is 3.35. The van der Waals surface area contributed by atoms with Gasteiger partial charge in [-0.25, -0.2) is 8.78 Å². The zero-order valence-corrected chi connectivity index (χ0v) is 13.6. The van der Waals surface area contributed by atoms with Crippen LogP contribution in [-0.4, -0.2) is 33.8 Å². The Morgan fingerprint density at radius 3 is 2.60 bits per heavy atom. The highest BCUT2D eigenvalue weighted by Crippen LogP contribution is 2.32. The third-order valence-electron chi connectivity index (χ3n) is 4.50. The number of anilines is 1. The third-order valence-corrected chi connectivity index (χ3v) is 4.50. The van der Waals surface area contributed by atoms with Gasteiger partial charge in [0.25, 0.3) is 0 Å². The number of halogens is 2. The lowest BCUT2D eigenvalue weighted by molar-refractivity contribution is -0.154. The molecule has 1 atom stereocenters. The topological polar surface area (TPSA) is 62.3 Å². The number of nitrogens with one attached hydrogen (secondary N) is 1. The second-order valence-electron chi connectivity index (χ2n) is 6.17. The van der Waals surface area contributed by atoms with E-state index in [4.69, 9.17) is 0 Å². The quantitative estimate of drug-likeness (QED) is 0.926. The maximum atomic E-state index is 13.7. The van der Waals surface area contributed by atoms with Crippen molar-refractivity contribution in [2.75, 3.05) is 11.9 Å². The van der Waals surface area contributed by atoms with E-state index in [1.807, 2.05) is 0 Å². The fraction of sp³-hybridized carbons (Fsp3) is 0.278. The van der Waals surface area contributed by atoms with Gasteiger partial charge in [-0.3, -0.25) is 14.6 Å². The van der Waals surface area contributed by atoms with Crippen LogP contribution in [0.4, 0.5) is 14.5 Å². The summed E-state index contributed by atoms with van der Waals surface area (Å²) in [4.78, 5) is 30.3. The van der Waals surface area contributed by atoms with Gasteiger partial charge in [-0.15, -0.1) is 0 Å². The molecule has 0 aliphatic carbocycles. The molecular weight excluding hydrogens is 328 g/mol. The van der Waals surface area contributed by atoms with Gasteiger partial charge < -0.3 is 10.2 Å². The Morgan fingerprint density at radius 1 is 1.24 bits per heavy atom. The molecule has 7 heteroatoms. The highest BCUT2D eigenvalue weighted by Gasteiger charge is 2.49. The molecule has 1 aliphatic heterocycles. The molecule has 1 saturated heterocycles. The van der Waals surface area contributed by atoms with Crippen LogP contribution in [0.1, 0.15) is 18.9 Å². The Morgan fingerprint density at radius 2 is 1.96 bits per heavy atom. The molecule has 1 fully saturated rings. The van der Waals surface area contributed by atoms with Crippen LogP contribution in [-0.2, 0) is 16.0 Å². The molecule has 2 aromatic rings. The Hall–Kier alpha value is -2.83. The number of nitrogens with zero attached hydrogens (tertiary/aromatic N) is 2. The molecule has 0 spiro atoms. The van der Waals surface area contributed by atoms with Gasteiger partial charge in [0.1, 0.15) is 17.2 Å². The monoisotopic (exact) mass is 345 g/mol. The van der Waals surface area contributed by atoms with Crippen molar-refractivity contribution in [2.45, 2.75) is 25.3 Å². The molecule has 25 heavy (non-hydrogen) atoms. The van der Waals surface area contributed by atoms with Crippen LogP contribution in [0.3, 0.4) is 0 Å². The van der Waals surface area contributed by atoms with E-state index < -0.39 is 23.1 Å². The number of hydrogen-bond donors (Lipinski definition) is 1. The highest BCUT2D eigenvalue weighted by molar-refractivity contribution is 6.01. The van der Waals surface area contributed by atoms with Gasteiger partial charge in [0.2, 0.25) is 11.8 Å². The molecule has 1 unspecified atom stereocenters. The van der Waals surface area contributed by atoms with Gasteiger partial charge in [0.05, 0.1) is 6.42 Å². The van der Waals surface area contributed by atoms with Gasteiger partial charge >= 0.3 is 0 Å². The van der Waals surface area contributed by atoms with Gasteiger partial charge in [-0.1, -0.05) is 0 Å². The minimum absolute atomic E-state index is 0.0196. The van der Waals surface area contributed by atoms with Gasteiger partial charge in [-0.05, 0) is 43.7 Å². The highest BCUT2D eigenvalue weighted by atomic mass is 19.1. The predicted octanol–water partition coefficient (Wildman–Crippen LogP) is 2.53. The van der Waals surface area contributed by atoms with Crippen LogP contribution in [0.5, 0.6) is 0 Å². The molecule has 5 nitrogen and oxygen atoms in total. The smallest absolute Gasteiger partial charge is 0.250 e. The van der Waals surface area contributed by atoms with Crippen LogP contribution < -0.4 is 5.32 Å². The summed E-state index contributed by atoms with van der Waals surface area (Å²) in [7, 11) is 0. The van der Waals surface area contributed by atoms with Crippen molar-refractivity contribution in [3.63, 3.8) is 0 Å². The summed E-state index contributed by atoms with van der Waals surface area (Å²) in [5.74, 6) is -1.98. The average Bonchev–Trinajstić information content (AvgIpc) is 2.57. The summed E-state index contributed by atoms with van der Waals surface area (Å²) in [6, 6.07) is 6.28. The number of likely N-dealkylation sites (tertiary alicyclic amines) is 1. The Balaban J connectivity index is 1.71. The standard InChI is InChI=1S/C18H17F2N3O2/c1-18(17(25)22-14-4-7-21-8-5-14)6-9-23(18)16(24)11-12-10-13(19)2-3-15(12)20/h2-5,7-8,10H,6,9,11H2,1H3,(H,21,22,25). The zero-order valence-electron chi connectivity index (χ0n) is 13.6. The number of hydrogen-bond acceptors (Lipinski definition) is 3. The van der Waals surface area contributed by atoms with Crippen molar-refractivity contribution in [2.24, 2.45) is 0 Å². The van der Waals surface area contributed by atoms with Crippen LogP contribution in [0.25, 0.3) is 0 Å². The van der Waals surface area contributed by atoms with E-state index in [-0.39, 0.29) is 17.9 Å². The molecule has 0 radical (unpaired) electrons. The van der Waals surface area contributed by atoms with Gasteiger partial charge in [0.15, 0.2) is 0 Å². The van der Waals surface area contributed by atoms with Crippen LogP contribution in [0.2, 0.25) is 0 Å². The second-order valence-corrected chi connectivity index (χ2v) is 6.17. The first kappa shape index (κ1) is 17.0. The maximum Gasteiger partial charge on any atom is 0.250 e. The summed E-state index contributed by atoms with van der Waals surface area (Å²) in [5.41, 5.74) is -0.449. The first-order chi connectivity index (χ1) is 11.9. The molecule has 1 aromatic heterocycles. The Labute approximate surface area is 143 Å². The summed E-state index contributed by atoms with van der Waals surface area (Å²) < 4.78 is 27.0. The summed E-state index contributed by atoms with van der Waals surface area (Å²) >= 11 is 0. The Bertz CT molecular complexity index is 813. The molecule has 2 heterocycles. The number of benzene rings is 1. The molecule has 1 aromatic carbocycles. The molecule has 0 bridgehead atoms. The van der Waals surface area contributed by atoms with Crippen molar-refractivity contribution in [1.29, 1.82) is 0 Å². The maximum absolute atomic E-state index is 13.7. The lowest BCUT2D eigenvalue weighted by Crippen LogP contribution is -2.66. The number of carbonyl (C=O) groups is 2. The number of pyridine rings is 1. The largest absolute Gasteiger partial charge is 0.328 e. The number of amides is 2. The molecule has 1 N–H and O–H groups in total. The number of aromatic nitrogens is 1. The lowest BCUT2D eigenvalue weighted by atomic mass is 9.84. The number of carbonyl (C=O) groups excluding carboxylic acids is 2. The number of rotatable bonds is 4. The summed E-state index contributed by atoms with van der Waals surface area (Å²) in [6.07, 6.45) is 3.31. The van der Waals surface area contributed by atoms with Crippen LogP contribution >= 0.6 is 0 Å². The molecular formula is C18H17F2N3O2. The van der Waals surface area contributed by atoms with E-state index in [0.717, 1.165) is 18.2 Å². The van der Waals surface area contributed by atoms with Crippen LogP contribution in [0, 0.1) is 11.6 Å². The predicted molar refractivity (Wildman–Crippen MR) is 87.7 cm³/mol. The Kier molecular flexibility index (Phi) is 4.48. The van der Waals surface area contributed by atoms with E-state index >= 15 is 0 Å². The fourth-order valence-electron chi connectivity index (χ4n) is 2.83. The molecule has 3 rings (SSSR count). The molecule has 2 amide bonds. The van der Waals surface area contributed by atoms with Crippen molar-refractivity contribution in [3.8, 4) is 0 Å². The SMILES string of the molecule is CC1(C(=O)Nc2ccncc2)CCN1C(=O)Cc1cc(F)ccc1F. The van der Waals surface area contributed by atoms with Gasteiger partial charge in [-0.2, -0.15) is 0 Å².